The quantitative estimate of drug-likeness (QED) is 0.759. The molecule has 0 amide bonds. The predicted molar refractivity (Wildman–Crippen MR) is 105 cm³/mol. The Morgan fingerprint density at radius 1 is 1.33 bits per heavy atom. The van der Waals surface area contributed by atoms with E-state index in [0.29, 0.717) is 6.04 Å². The van der Waals surface area contributed by atoms with Crippen LogP contribution in [0.25, 0.3) is 5.69 Å². The Balaban J connectivity index is 1.62. The zero-order valence-corrected chi connectivity index (χ0v) is 16.2. The standard InChI is InChI=1S/C21H29FN4O/c1-17(2)6-8-25-10-9-24(16-21(25)7-11-27)14-18-13-23-26(15-18)20-5-3-4-19(22)12-20/h3-6,12-13,15,21,27H,7-11,14,16H2,1-2H3/t21-/m1/s1. The number of nitrogens with zero attached hydrogens (tertiary/aromatic N) is 4. The van der Waals surface area contributed by atoms with Gasteiger partial charge in [0.2, 0.25) is 0 Å². The summed E-state index contributed by atoms with van der Waals surface area (Å²) in [5.41, 5.74) is 3.16. The van der Waals surface area contributed by atoms with Crippen LogP contribution in [-0.2, 0) is 6.54 Å². The van der Waals surface area contributed by atoms with Crippen molar-refractivity contribution in [3.63, 3.8) is 0 Å². The largest absolute Gasteiger partial charge is 0.396 e. The fourth-order valence-electron chi connectivity index (χ4n) is 3.52. The Morgan fingerprint density at radius 2 is 2.19 bits per heavy atom. The van der Waals surface area contributed by atoms with Gasteiger partial charge in [-0.25, -0.2) is 9.07 Å². The first-order valence-electron chi connectivity index (χ1n) is 9.55. The molecule has 1 aliphatic heterocycles. The zero-order chi connectivity index (χ0) is 19.2. The highest BCUT2D eigenvalue weighted by molar-refractivity contribution is 5.31. The van der Waals surface area contributed by atoms with Gasteiger partial charge in [0.15, 0.2) is 0 Å². The number of piperazine rings is 1. The summed E-state index contributed by atoms with van der Waals surface area (Å²) in [5, 5.41) is 13.8. The van der Waals surface area contributed by atoms with Crippen LogP contribution in [0.15, 0.2) is 48.3 Å². The van der Waals surface area contributed by atoms with Gasteiger partial charge in [-0.1, -0.05) is 17.7 Å². The van der Waals surface area contributed by atoms with E-state index < -0.39 is 0 Å². The van der Waals surface area contributed by atoms with E-state index in [1.54, 1.807) is 10.7 Å². The lowest BCUT2D eigenvalue weighted by Crippen LogP contribution is -2.53. The van der Waals surface area contributed by atoms with E-state index in [1.165, 1.54) is 17.7 Å². The average molecular weight is 372 g/mol. The van der Waals surface area contributed by atoms with E-state index >= 15 is 0 Å². The summed E-state index contributed by atoms with van der Waals surface area (Å²) in [6, 6.07) is 6.81. The lowest BCUT2D eigenvalue weighted by atomic mass is 10.1. The van der Waals surface area contributed by atoms with E-state index in [-0.39, 0.29) is 12.4 Å². The van der Waals surface area contributed by atoms with Crippen LogP contribution >= 0.6 is 0 Å². The van der Waals surface area contributed by atoms with Crippen LogP contribution in [0.1, 0.15) is 25.8 Å². The van der Waals surface area contributed by atoms with Gasteiger partial charge in [0.1, 0.15) is 5.82 Å². The van der Waals surface area contributed by atoms with Gasteiger partial charge in [0.05, 0.1) is 11.9 Å². The molecule has 0 radical (unpaired) electrons. The normalized spacial score (nSPS) is 18.6. The molecular formula is C21H29FN4O. The van der Waals surface area contributed by atoms with E-state index in [2.05, 4.69) is 34.8 Å². The molecule has 1 atom stereocenters. The van der Waals surface area contributed by atoms with Crippen molar-refractivity contribution in [3.05, 3.63) is 59.7 Å². The van der Waals surface area contributed by atoms with Crippen molar-refractivity contribution < 1.29 is 9.50 Å². The summed E-state index contributed by atoms with van der Waals surface area (Å²) in [6.45, 7) is 9.12. The van der Waals surface area contributed by atoms with Crippen LogP contribution in [0.2, 0.25) is 0 Å². The maximum Gasteiger partial charge on any atom is 0.125 e. The second-order valence-electron chi connectivity index (χ2n) is 7.45. The number of benzene rings is 1. The minimum Gasteiger partial charge on any atom is -0.396 e. The number of aromatic nitrogens is 2. The minimum atomic E-state index is -0.260. The minimum absolute atomic E-state index is 0.210. The summed E-state index contributed by atoms with van der Waals surface area (Å²) in [6.07, 6.45) is 6.85. The number of rotatable bonds is 7. The molecule has 146 valence electrons. The first-order chi connectivity index (χ1) is 13.0. The molecule has 1 aromatic heterocycles. The van der Waals surface area contributed by atoms with E-state index in [9.17, 15) is 9.50 Å². The van der Waals surface area contributed by atoms with Crippen molar-refractivity contribution in [1.82, 2.24) is 19.6 Å². The Labute approximate surface area is 160 Å². The van der Waals surface area contributed by atoms with Crippen LogP contribution in [-0.4, -0.2) is 63.5 Å². The molecule has 2 aromatic rings. The van der Waals surface area contributed by atoms with Crippen LogP contribution in [0.4, 0.5) is 4.39 Å². The van der Waals surface area contributed by atoms with Crippen molar-refractivity contribution in [2.75, 3.05) is 32.8 Å². The molecule has 1 fully saturated rings. The highest BCUT2D eigenvalue weighted by Crippen LogP contribution is 2.17. The SMILES string of the molecule is CC(C)=CCN1CCN(Cc2cnn(-c3cccc(F)c3)c2)C[C@H]1CCO. The Morgan fingerprint density at radius 3 is 2.93 bits per heavy atom. The van der Waals surface area contributed by atoms with Gasteiger partial charge >= 0.3 is 0 Å². The van der Waals surface area contributed by atoms with E-state index in [4.69, 9.17) is 0 Å². The number of halogens is 1. The number of hydrogen-bond donors (Lipinski definition) is 1. The van der Waals surface area contributed by atoms with Gasteiger partial charge in [-0.05, 0) is 38.5 Å². The smallest absolute Gasteiger partial charge is 0.125 e. The maximum absolute atomic E-state index is 13.4. The number of allylic oxidation sites excluding steroid dienone is 1. The average Bonchev–Trinajstić information content (AvgIpc) is 3.10. The highest BCUT2D eigenvalue weighted by Gasteiger charge is 2.26. The molecule has 5 nitrogen and oxygen atoms in total. The Bertz CT molecular complexity index is 769. The number of hydrogen-bond acceptors (Lipinski definition) is 4. The molecule has 1 saturated heterocycles. The van der Waals surface area contributed by atoms with Crippen LogP contribution in [0, 0.1) is 5.82 Å². The third-order valence-corrected chi connectivity index (χ3v) is 5.00. The van der Waals surface area contributed by atoms with Crippen molar-refractivity contribution in [2.45, 2.75) is 32.9 Å². The molecule has 1 aliphatic rings. The number of aliphatic hydroxyl groups is 1. The molecule has 0 spiro atoms. The van der Waals surface area contributed by atoms with Crippen molar-refractivity contribution in [3.8, 4) is 5.69 Å². The maximum atomic E-state index is 13.4. The van der Waals surface area contributed by atoms with Gasteiger partial charge in [0, 0.05) is 57.1 Å². The summed E-state index contributed by atoms with van der Waals surface area (Å²) in [5.74, 6) is -0.260. The van der Waals surface area contributed by atoms with Gasteiger partial charge in [-0.15, -0.1) is 0 Å². The first kappa shape index (κ1) is 19.7. The molecule has 6 heteroatoms. The number of aliphatic hydroxyl groups excluding tert-OH is 1. The van der Waals surface area contributed by atoms with Crippen molar-refractivity contribution in [1.29, 1.82) is 0 Å². The third kappa shape index (κ3) is 5.48. The molecule has 0 aliphatic carbocycles. The molecule has 3 rings (SSSR count). The zero-order valence-electron chi connectivity index (χ0n) is 16.2. The highest BCUT2D eigenvalue weighted by atomic mass is 19.1. The van der Waals surface area contributed by atoms with Crippen LogP contribution in [0.3, 0.4) is 0 Å². The summed E-state index contributed by atoms with van der Waals surface area (Å²) < 4.78 is 15.1. The Kier molecular flexibility index (Phi) is 6.77. The molecule has 1 N–H and O–H groups in total. The fourth-order valence-corrected chi connectivity index (χ4v) is 3.52. The topological polar surface area (TPSA) is 44.5 Å². The molecule has 0 unspecified atom stereocenters. The Hall–Kier alpha value is -2.02. The van der Waals surface area contributed by atoms with Crippen molar-refractivity contribution >= 4 is 0 Å². The third-order valence-electron chi connectivity index (χ3n) is 5.00. The lowest BCUT2D eigenvalue weighted by molar-refractivity contribution is 0.0636. The summed E-state index contributed by atoms with van der Waals surface area (Å²) in [4.78, 5) is 4.86. The van der Waals surface area contributed by atoms with E-state index in [0.717, 1.165) is 50.4 Å². The van der Waals surface area contributed by atoms with Gasteiger partial charge < -0.3 is 5.11 Å². The molecule has 27 heavy (non-hydrogen) atoms. The van der Waals surface area contributed by atoms with Gasteiger partial charge in [-0.2, -0.15) is 5.10 Å². The lowest BCUT2D eigenvalue weighted by Gasteiger charge is -2.41. The van der Waals surface area contributed by atoms with Gasteiger partial charge in [-0.3, -0.25) is 9.80 Å². The van der Waals surface area contributed by atoms with Crippen molar-refractivity contribution in [2.24, 2.45) is 0 Å². The summed E-state index contributed by atoms with van der Waals surface area (Å²) >= 11 is 0. The van der Waals surface area contributed by atoms with Crippen LogP contribution in [0.5, 0.6) is 0 Å². The molecule has 1 aromatic carbocycles. The van der Waals surface area contributed by atoms with E-state index in [1.807, 2.05) is 18.5 Å². The van der Waals surface area contributed by atoms with Gasteiger partial charge in [0.25, 0.3) is 0 Å². The second kappa shape index (κ2) is 9.26. The monoisotopic (exact) mass is 372 g/mol. The summed E-state index contributed by atoms with van der Waals surface area (Å²) in [7, 11) is 0. The predicted octanol–water partition coefficient (Wildman–Crippen LogP) is 2.85. The van der Waals surface area contributed by atoms with Crippen LogP contribution < -0.4 is 0 Å². The first-order valence-corrected chi connectivity index (χ1v) is 9.55. The molecule has 2 heterocycles. The molecule has 0 bridgehead atoms. The molecule has 0 saturated carbocycles. The fraction of sp³-hybridized carbons (Fsp3) is 0.476. The second-order valence-corrected chi connectivity index (χ2v) is 7.45. The molecular weight excluding hydrogens is 343 g/mol.